The summed E-state index contributed by atoms with van der Waals surface area (Å²) in [6.07, 6.45) is 3.29. The molecule has 4 rings (SSSR count). The summed E-state index contributed by atoms with van der Waals surface area (Å²) in [4.78, 5) is 22.5. The molecule has 0 aliphatic heterocycles. The van der Waals surface area contributed by atoms with E-state index in [2.05, 4.69) is 21.0 Å². The van der Waals surface area contributed by atoms with Crippen molar-refractivity contribution < 1.29 is 5.11 Å². The fourth-order valence-corrected chi connectivity index (χ4v) is 3.15. The predicted molar refractivity (Wildman–Crippen MR) is 76.9 cm³/mol. The van der Waals surface area contributed by atoms with E-state index in [4.69, 9.17) is 0 Å². The molecule has 6 heteroatoms. The first-order chi connectivity index (χ1) is 10.2. The van der Waals surface area contributed by atoms with Crippen LogP contribution in [0, 0.1) is 0 Å². The molecule has 2 atom stereocenters. The maximum Gasteiger partial charge on any atom is 0.278 e. The fraction of sp³-hybridized carbons (Fsp3) is 0.267. The Morgan fingerprint density at radius 1 is 1.29 bits per heavy atom. The molecule has 0 saturated carbocycles. The van der Waals surface area contributed by atoms with Crippen molar-refractivity contribution in [3.05, 3.63) is 58.4 Å². The summed E-state index contributed by atoms with van der Waals surface area (Å²) in [5.41, 5.74) is 2.86. The van der Waals surface area contributed by atoms with Crippen molar-refractivity contribution in [1.29, 1.82) is 0 Å². The molecule has 1 aliphatic rings. The largest absolute Gasteiger partial charge is 0.388 e. The third-order valence-corrected chi connectivity index (χ3v) is 4.13. The highest BCUT2D eigenvalue weighted by molar-refractivity contribution is 5.68. The van der Waals surface area contributed by atoms with Gasteiger partial charge >= 0.3 is 0 Å². The maximum atomic E-state index is 11.7. The van der Waals surface area contributed by atoms with Gasteiger partial charge in [-0.1, -0.05) is 24.3 Å². The second-order valence-corrected chi connectivity index (χ2v) is 5.38. The standard InChI is InChI=1S/C15H14N4O2/c20-12-5-9(10-3-1-2-4-11(10)12)6-19-8-18-13-14(19)16-7-17-15(13)21/h1-4,7-9,12,20H,5-6H2,(H,16,17,21)/t9-,12-/m0/s1. The SMILES string of the molecule is O=c1[nH]cnc2c1ncn2C[C@@H]1C[C@H](O)c2ccccc21. The third kappa shape index (κ3) is 1.87. The van der Waals surface area contributed by atoms with Crippen molar-refractivity contribution in [2.45, 2.75) is 25.0 Å². The zero-order chi connectivity index (χ0) is 14.4. The van der Waals surface area contributed by atoms with Gasteiger partial charge in [0, 0.05) is 12.5 Å². The van der Waals surface area contributed by atoms with Gasteiger partial charge in [0.05, 0.1) is 18.8 Å². The molecule has 1 aliphatic carbocycles. The van der Waals surface area contributed by atoms with E-state index in [1.165, 1.54) is 6.33 Å². The van der Waals surface area contributed by atoms with Gasteiger partial charge in [0.15, 0.2) is 11.2 Å². The smallest absolute Gasteiger partial charge is 0.278 e. The lowest BCUT2D eigenvalue weighted by molar-refractivity contribution is 0.171. The molecule has 2 heterocycles. The van der Waals surface area contributed by atoms with Gasteiger partial charge in [-0.25, -0.2) is 9.97 Å². The maximum absolute atomic E-state index is 11.7. The van der Waals surface area contributed by atoms with E-state index in [1.54, 1.807) is 6.33 Å². The number of rotatable bonds is 2. The highest BCUT2D eigenvalue weighted by Crippen LogP contribution is 2.40. The number of hydrogen-bond donors (Lipinski definition) is 2. The zero-order valence-electron chi connectivity index (χ0n) is 11.2. The number of nitrogens with one attached hydrogen (secondary N) is 1. The van der Waals surface area contributed by atoms with Crippen molar-refractivity contribution in [3.63, 3.8) is 0 Å². The molecule has 0 bridgehead atoms. The van der Waals surface area contributed by atoms with Crippen LogP contribution >= 0.6 is 0 Å². The molecular weight excluding hydrogens is 268 g/mol. The number of imidazole rings is 1. The molecule has 1 aromatic carbocycles. The molecule has 0 saturated heterocycles. The molecule has 0 fully saturated rings. The van der Waals surface area contributed by atoms with Crippen LogP contribution in [-0.4, -0.2) is 24.6 Å². The number of nitrogens with zero attached hydrogens (tertiary/aromatic N) is 3. The number of aliphatic hydroxyl groups excluding tert-OH is 1. The highest BCUT2D eigenvalue weighted by Gasteiger charge is 2.29. The first kappa shape index (κ1) is 12.3. The average molecular weight is 282 g/mol. The average Bonchev–Trinajstić information content (AvgIpc) is 3.04. The van der Waals surface area contributed by atoms with Crippen molar-refractivity contribution in [1.82, 2.24) is 19.5 Å². The van der Waals surface area contributed by atoms with Crippen LogP contribution in [0.1, 0.15) is 29.6 Å². The molecule has 0 unspecified atom stereocenters. The topological polar surface area (TPSA) is 83.8 Å². The Balaban J connectivity index is 1.73. The number of aromatic nitrogens is 4. The lowest BCUT2D eigenvalue weighted by atomic mass is 10.0. The molecule has 6 nitrogen and oxygen atoms in total. The molecule has 2 N–H and O–H groups in total. The van der Waals surface area contributed by atoms with Crippen LogP contribution in [0.2, 0.25) is 0 Å². The first-order valence-corrected chi connectivity index (χ1v) is 6.89. The van der Waals surface area contributed by atoms with E-state index in [-0.39, 0.29) is 11.5 Å². The van der Waals surface area contributed by atoms with Crippen molar-refractivity contribution in [3.8, 4) is 0 Å². The summed E-state index contributed by atoms with van der Waals surface area (Å²) in [5, 5.41) is 10.1. The predicted octanol–water partition coefficient (Wildman–Crippen LogP) is 1.34. The summed E-state index contributed by atoms with van der Waals surface area (Å²) in [6.45, 7) is 0.654. The lowest BCUT2D eigenvalue weighted by Crippen LogP contribution is -2.10. The monoisotopic (exact) mass is 282 g/mol. The normalized spacial score (nSPS) is 20.8. The molecule has 2 aromatic heterocycles. The van der Waals surface area contributed by atoms with Crippen LogP contribution in [-0.2, 0) is 6.54 Å². The van der Waals surface area contributed by atoms with Crippen LogP contribution in [0.5, 0.6) is 0 Å². The minimum Gasteiger partial charge on any atom is -0.388 e. The van der Waals surface area contributed by atoms with Gasteiger partial charge in [-0.3, -0.25) is 4.79 Å². The van der Waals surface area contributed by atoms with Crippen LogP contribution in [0.3, 0.4) is 0 Å². The first-order valence-electron chi connectivity index (χ1n) is 6.89. The van der Waals surface area contributed by atoms with Gasteiger partial charge in [0.1, 0.15) is 0 Å². The molecule has 3 aromatic rings. The second-order valence-electron chi connectivity index (χ2n) is 5.38. The van der Waals surface area contributed by atoms with Crippen LogP contribution in [0.4, 0.5) is 0 Å². The Hall–Kier alpha value is -2.47. The Morgan fingerprint density at radius 3 is 2.95 bits per heavy atom. The third-order valence-electron chi connectivity index (χ3n) is 4.13. The zero-order valence-corrected chi connectivity index (χ0v) is 11.2. The Bertz CT molecular complexity index is 867. The molecule has 0 spiro atoms. The van der Waals surface area contributed by atoms with E-state index >= 15 is 0 Å². The highest BCUT2D eigenvalue weighted by atomic mass is 16.3. The number of H-pyrrole nitrogens is 1. The fourth-order valence-electron chi connectivity index (χ4n) is 3.15. The Labute approximate surface area is 120 Å². The number of aliphatic hydroxyl groups is 1. The lowest BCUT2D eigenvalue weighted by Gasteiger charge is -2.12. The van der Waals surface area contributed by atoms with Crippen molar-refractivity contribution in [2.75, 3.05) is 0 Å². The summed E-state index contributed by atoms with van der Waals surface area (Å²) in [6, 6.07) is 7.95. The van der Waals surface area contributed by atoms with E-state index in [0.717, 1.165) is 11.1 Å². The van der Waals surface area contributed by atoms with Gasteiger partial charge in [-0.2, -0.15) is 0 Å². The molecule has 106 valence electrons. The Morgan fingerprint density at radius 2 is 2.10 bits per heavy atom. The summed E-state index contributed by atoms with van der Waals surface area (Å²) in [5.74, 6) is 0.203. The van der Waals surface area contributed by atoms with Gasteiger partial charge < -0.3 is 14.7 Å². The molecular formula is C15H14N4O2. The minimum absolute atomic E-state index is 0.203. The summed E-state index contributed by atoms with van der Waals surface area (Å²) < 4.78 is 1.88. The Kier molecular flexibility index (Phi) is 2.65. The van der Waals surface area contributed by atoms with E-state index in [1.807, 2.05) is 22.8 Å². The minimum atomic E-state index is -0.419. The van der Waals surface area contributed by atoms with E-state index in [9.17, 15) is 9.90 Å². The quantitative estimate of drug-likeness (QED) is 0.743. The van der Waals surface area contributed by atoms with E-state index in [0.29, 0.717) is 24.1 Å². The number of hydrogen-bond acceptors (Lipinski definition) is 4. The number of fused-ring (bicyclic) bond motifs is 2. The summed E-state index contributed by atoms with van der Waals surface area (Å²) >= 11 is 0. The van der Waals surface area contributed by atoms with Gasteiger partial charge in [0.2, 0.25) is 0 Å². The molecule has 0 radical (unpaired) electrons. The van der Waals surface area contributed by atoms with Gasteiger partial charge in [-0.05, 0) is 17.5 Å². The molecule has 0 amide bonds. The second kappa shape index (κ2) is 4.53. The van der Waals surface area contributed by atoms with Crippen LogP contribution < -0.4 is 5.56 Å². The number of aromatic amines is 1. The van der Waals surface area contributed by atoms with E-state index < -0.39 is 6.10 Å². The summed E-state index contributed by atoms with van der Waals surface area (Å²) in [7, 11) is 0. The van der Waals surface area contributed by atoms with Crippen molar-refractivity contribution in [2.24, 2.45) is 0 Å². The van der Waals surface area contributed by atoms with Gasteiger partial charge in [0.25, 0.3) is 5.56 Å². The number of benzene rings is 1. The van der Waals surface area contributed by atoms with Gasteiger partial charge in [-0.15, -0.1) is 0 Å². The van der Waals surface area contributed by atoms with Crippen molar-refractivity contribution >= 4 is 11.2 Å². The molecule has 21 heavy (non-hydrogen) atoms. The van der Waals surface area contributed by atoms with Crippen LogP contribution in [0.15, 0.2) is 41.7 Å². The van der Waals surface area contributed by atoms with Crippen LogP contribution in [0.25, 0.3) is 11.2 Å².